The molecule has 0 radical (unpaired) electrons. The molecule has 0 amide bonds. The summed E-state index contributed by atoms with van der Waals surface area (Å²) in [5.74, 6) is -0.276. The number of unbranched alkanes of at least 4 members (excludes halogenated alkanes) is 2. The van der Waals surface area contributed by atoms with Gasteiger partial charge in [0.25, 0.3) is 0 Å². The highest BCUT2D eigenvalue weighted by molar-refractivity contribution is 6.07. The van der Waals surface area contributed by atoms with E-state index in [1.807, 2.05) is 30.3 Å². The number of anilines is 1. The van der Waals surface area contributed by atoms with Gasteiger partial charge in [0.15, 0.2) is 0 Å². The highest BCUT2D eigenvalue weighted by atomic mass is 16.5. The summed E-state index contributed by atoms with van der Waals surface area (Å²) in [5, 5.41) is 1.74. The van der Waals surface area contributed by atoms with Gasteiger partial charge in [0, 0.05) is 17.6 Å². The molecule has 0 aromatic heterocycles. The normalized spacial score (nSPS) is 11.2. The molecule has 0 saturated carbocycles. The first-order chi connectivity index (χ1) is 12.2. The number of nitrogens with two attached hydrogens (primary N) is 1. The van der Waals surface area contributed by atoms with Crippen LogP contribution >= 0.6 is 0 Å². The van der Waals surface area contributed by atoms with Crippen molar-refractivity contribution in [1.29, 1.82) is 0 Å². The summed E-state index contributed by atoms with van der Waals surface area (Å²) in [6.45, 7) is 7.75. The second-order valence-corrected chi connectivity index (χ2v) is 6.43. The Morgan fingerprint density at radius 1 is 0.960 bits per heavy atom. The Labute approximate surface area is 151 Å². The molecule has 2 aromatic rings. The molecule has 0 spiro atoms. The van der Waals surface area contributed by atoms with E-state index < -0.39 is 0 Å². The molecular weight excluding hydrogens is 312 g/mol. The third-order valence-electron chi connectivity index (χ3n) is 4.47. The molecule has 0 unspecified atom stereocenters. The lowest BCUT2D eigenvalue weighted by molar-refractivity contribution is 0.0462. The Kier molecular flexibility index (Phi) is 7.74. The number of benzene rings is 2. The van der Waals surface area contributed by atoms with E-state index >= 15 is 0 Å². The number of ether oxygens (including phenoxy) is 1. The van der Waals surface area contributed by atoms with Gasteiger partial charge in [-0.1, -0.05) is 51.0 Å². The Bertz CT molecular complexity index is 677. The second kappa shape index (κ2) is 10.0. The number of esters is 1. The van der Waals surface area contributed by atoms with Crippen molar-refractivity contribution >= 4 is 22.4 Å². The average Bonchev–Trinajstić information content (AvgIpc) is 2.63. The fourth-order valence-corrected chi connectivity index (χ4v) is 2.96. The largest absolute Gasteiger partial charge is 0.461 e. The molecule has 4 heteroatoms. The van der Waals surface area contributed by atoms with E-state index in [9.17, 15) is 4.79 Å². The second-order valence-electron chi connectivity index (χ2n) is 6.43. The van der Waals surface area contributed by atoms with Crippen LogP contribution in [-0.4, -0.2) is 37.1 Å². The molecule has 0 aliphatic heterocycles. The summed E-state index contributed by atoms with van der Waals surface area (Å²) in [6.07, 6.45) is 4.72. The zero-order valence-corrected chi connectivity index (χ0v) is 15.5. The van der Waals surface area contributed by atoms with Gasteiger partial charge in [0.2, 0.25) is 0 Å². The maximum Gasteiger partial charge on any atom is 0.338 e. The van der Waals surface area contributed by atoms with Gasteiger partial charge >= 0.3 is 5.97 Å². The van der Waals surface area contributed by atoms with Crippen LogP contribution in [0, 0.1) is 0 Å². The number of fused-ring (bicyclic) bond motifs is 1. The standard InChI is InChI=1S/C21H30N2O2/c1-3-5-13-23(14-6-4-2)15-16-25-21(24)19-11-7-10-18-17(19)9-8-12-20(18)22/h7-12H,3-6,13-16,22H2,1-2H3. The van der Waals surface area contributed by atoms with E-state index in [1.54, 1.807) is 6.07 Å². The van der Waals surface area contributed by atoms with Crippen molar-refractivity contribution in [2.75, 3.05) is 32.0 Å². The van der Waals surface area contributed by atoms with Crippen LogP contribution < -0.4 is 5.73 Å². The maximum absolute atomic E-state index is 12.5. The number of carbonyl (C=O) groups is 1. The Balaban J connectivity index is 1.96. The zero-order valence-electron chi connectivity index (χ0n) is 15.5. The van der Waals surface area contributed by atoms with Gasteiger partial charge in [-0.2, -0.15) is 0 Å². The molecule has 0 saturated heterocycles. The summed E-state index contributed by atoms with van der Waals surface area (Å²) in [7, 11) is 0. The van der Waals surface area contributed by atoms with Crippen LogP contribution in [-0.2, 0) is 4.74 Å². The number of nitrogens with zero attached hydrogens (tertiary/aromatic N) is 1. The molecule has 2 aromatic carbocycles. The summed E-state index contributed by atoms with van der Waals surface area (Å²) >= 11 is 0. The van der Waals surface area contributed by atoms with Gasteiger partial charge in [0.1, 0.15) is 6.61 Å². The third-order valence-corrected chi connectivity index (χ3v) is 4.47. The molecule has 0 fully saturated rings. The van der Waals surface area contributed by atoms with E-state index in [-0.39, 0.29) is 5.97 Å². The van der Waals surface area contributed by atoms with E-state index in [0.717, 1.165) is 30.4 Å². The number of hydrogen-bond donors (Lipinski definition) is 1. The molecule has 0 atom stereocenters. The van der Waals surface area contributed by atoms with Gasteiger partial charge in [-0.25, -0.2) is 4.79 Å². The predicted octanol–water partition coefficient (Wildman–Crippen LogP) is 4.48. The first-order valence-corrected chi connectivity index (χ1v) is 9.34. The molecular formula is C21H30N2O2. The first kappa shape index (κ1) is 19.3. The summed E-state index contributed by atoms with van der Waals surface area (Å²) in [5.41, 5.74) is 7.26. The fraction of sp³-hybridized carbons (Fsp3) is 0.476. The number of rotatable bonds is 10. The van der Waals surface area contributed by atoms with E-state index in [1.165, 1.54) is 25.7 Å². The van der Waals surface area contributed by atoms with Crippen LogP contribution in [0.2, 0.25) is 0 Å². The molecule has 0 heterocycles. The van der Waals surface area contributed by atoms with Crippen LogP contribution in [0.4, 0.5) is 5.69 Å². The number of hydrogen-bond acceptors (Lipinski definition) is 4. The third kappa shape index (κ3) is 5.46. The Hall–Kier alpha value is -2.07. The lowest BCUT2D eigenvalue weighted by Crippen LogP contribution is -2.30. The van der Waals surface area contributed by atoms with Gasteiger partial charge in [-0.15, -0.1) is 0 Å². The van der Waals surface area contributed by atoms with Crippen LogP contribution in [0.1, 0.15) is 49.9 Å². The van der Waals surface area contributed by atoms with Crippen molar-refractivity contribution in [2.24, 2.45) is 0 Å². The van der Waals surface area contributed by atoms with Crippen molar-refractivity contribution in [3.05, 3.63) is 42.0 Å². The van der Waals surface area contributed by atoms with Crippen molar-refractivity contribution in [2.45, 2.75) is 39.5 Å². The quantitative estimate of drug-likeness (QED) is 0.511. The van der Waals surface area contributed by atoms with Crippen LogP contribution in [0.5, 0.6) is 0 Å². The molecule has 0 bridgehead atoms. The van der Waals surface area contributed by atoms with Crippen molar-refractivity contribution in [3.8, 4) is 0 Å². The lowest BCUT2D eigenvalue weighted by atomic mass is 10.0. The lowest BCUT2D eigenvalue weighted by Gasteiger charge is -2.21. The Morgan fingerprint density at radius 3 is 2.28 bits per heavy atom. The molecule has 4 nitrogen and oxygen atoms in total. The highest BCUT2D eigenvalue weighted by Crippen LogP contribution is 2.24. The van der Waals surface area contributed by atoms with Crippen molar-refractivity contribution in [1.82, 2.24) is 4.90 Å². The van der Waals surface area contributed by atoms with Gasteiger partial charge in [-0.3, -0.25) is 4.90 Å². The zero-order chi connectivity index (χ0) is 18.1. The van der Waals surface area contributed by atoms with Crippen molar-refractivity contribution in [3.63, 3.8) is 0 Å². The monoisotopic (exact) mass is 342 g/mol. The molecule has 25 heavy (non-hydrogen) atoms. The van der Waals surface area contributed by atoms with Gasteiger partial charge in [-0.05, 0) is 43.5 Å². The smallest absolute Gasteiger partial charge is 0.338 e. The summed E-state index contributed by atoms with van der Waals surface area (Å²) in [6, 6.07) is 11.2. The van der Waals surface area contributed by atoms with Gasteiger partial charge < -0.3 is 10.5 Å². The highest BCUT2D eigenvalue weighted by Gasteiger charge is 2.13. The topological polar surface area (TPSA) is 55.6 Å². The Morgan fingerprint density at radius 2 is 1.60 bits per heavy atom. The number of nitrogen functional groups attached to an aromatic ring is 1. The fourth-order valence-electron chi connectivity index (χ4n) is 2.96. The van der Waals surface area contributed by atoms with Gasteiger partial charge in [0.05, 0.1) is 5.56 Å². The molecule has 0 aliphatic carbocycles. The van der Waals surface area contributed by atoms with Crippen molar-refractivity contribution < 1.29 is 9.53 Å². The first-order valence-electron chi connectivity index (χ1n) is 9.34. The summed E-state index contributed by atoms with van der Waals surface area (Å²) < 4.78 is 5.55. The minimum absolute atomic E-state index is 0.276. The minimum atomic E-state index is -0.276. The minimum Gasteiger partial charge on any atom is -0.461 e. The molecule has 2 N–H and O–H groups in total. The van der Waals surface area contributed by atoms with E-state index in [2.05, 4.69) is 18.7 Å². The van der Waals surface area contributed by atoms with Crippen LogP contribution in [0.15, 0.2) is 36.4 Å². The van der Waals surface area contributed by atoms with E-state index in [0.29, 0.717) is 17.9 Å². The van der Waals surface area contributed by atoms with Crippen LogP contribution in [0.25, 0.3) is 10.8 Å². The predicted molar refractivity (Wildman–Crippen MR) is 105 cm³/mol. The molecule has 0 aliphatic rings. The maximum atomic E-state index is 12.5. The molecule has 136 valence electrons. The van der Waals surface area contributed by atoms with E-state index in [4.69, 9.17) is 10.5 Å². The van der Waals surface area contributed by atoms with Crippen LogP contribution in [0.3, 0.4) is 0 Å². The SMILES string of the molecule is CCCCN(CCCC)CCOC(=O)c1cccc2c(N)cccc12. The summed E-state index contributed by atoms with van der Waals surface area (Å²) in [4.78, 5) is 14.9. The number of carbonyl (C=O) groups excluding carboxylic acids is 1. The molecule has 2 rings (SSSR count). The average molecular weight is 342 g/mol.